The molecule has 29 heavy (non-hydrogen) atoms. The van der Waals surface area contributed by atoms with Crippen molar-refractivity contribution in [1.29, 1.82) is 0 Å². The van der Waals surface area contributed by atoms with Gasteiger partial charge in [0.25, 0.3) is 0 Å². The number of ether oxygens (including phenoxy) is 2. The van der Waals surface area contributed by atoms with E-state index in [1.54, 1.807) is 18.2 Å². The molecule has 0 radical (unpaired) electrons. The number of methoxy groups -OCH3 is 2. The van der Waals surface area contributed by atoms with E-state index >= 15 is 0 Å². The molecule has 0 saturated heterocycles. The number of guanidine groups is 1. The summed E-state index contributed by atoms with van der Waals surface area (Å²) in [5.41, 5.74) is 0.579. The average Bonchev–Trinajstić information content (AvgIpc) is 2.71. The average molecular weight is 417 g/mol. The Balaban J connectivity index is 2.05. The Morgan fingerprint density at radius 2 is 1.86 bits per heavy atom. The monoisotopic (exact) mass is 417 g/mol. The summed E-state index contributed by atoms with van der Waals surface area (Å²) in [4.78, 5) is 4.36. The summed E-state index contributed by atoms with van der Waals surface area (Å²) >= 11 is 0. The molecule has 0 bridgehead atoms. The number of rotatable bonds is 7. The molecule has 9 heteroatoms. The van der Waals surface area contributed by atoms with Gasteiger partial charge >= 0.3 is 6.18 Å². The number of hydrogen-bond acceptors (Lipinski definition) is 4. The number of hydrogen-bond donors (Lipinski definition) is 3. The highest BCUT2D eigenvalue weighted by Crippen LogP contribution is 2.37. The zero-order chi connectivity index (χ0) is 21.4. The molecule has 1 aromatic carbocycles. The Morgan fingerprint density at radius 3 is 2.41 bits per heavy atom. The number of aliphatic hydroxyl groups excluding tert-OH is 1. The summed E-state index contributed by atoms with van der Waals surface area (Å²) < 4.78 is 49.5. The van der Waals surface area contributed by atoms with E-state index in [1.165, 1.54) is 14.2 Å². The van der Waals surface area contributed by atoms with Crippen molar-refractivity contribution >= 4 is 5.96 Å². The predicted molar refractivity (Wildman–Crippen MR) is 105 cm³/mol. The van der Waals surface area contributed by atoms with E-state index in [4.69, 9.17) is 9.47 Å². The minimum absolute atomic E-state index is 0.0313. The molecule has 0 spiro atoms. The van der Waals surface area contributed by atoms with Crippen LogP contribution in [0.1, 0.15) is 44.3 Å². The summed E-state index contributed by atoms with van der Waals surface area (Å²) in [7, 11) is 3.04. The van der Waals surface area contributed by atoms with Gasteiger partial charge in [-0.15, -0.1) is 0 Å². The molecule has 0 aliphatic heterocycles. The molecule has 1 aliphatic rings. The zero-order valence-corrected chi connectivity index (χ0v) is 17.1. The van der Waals surface area contributed by atoms with E-state index in [9.17, 15) is 18.3 Å². The molecule has 1 saturated carbocycles. The number of benzene rings is 1. The normalized spacial score (nSPS) is 21.4. The molecule has 0 aromatic heterocycles. The van der Waals surface area contributed by atoms with Gasteiger partial charge in [-0.25, -0.2) is 0 Å². The van der Waals surface area contributed by atoms with E-state index < -0.39 is 18.2 Å². The van der Waals surface area contributed by atoms with Gasteiger partial charge in [-0.3, -0.25) is 4.99 Å². The lowest BCUT2D eigenvalue weighted by Crippen LogP contribution is -2.47. The van der Waals surface area contributed by atoms with Crippen molar-refractivity contribution in [3.63, 3.8) is 0 Å². The van der Waals surface area contributed by atoms with Gasteiger partial charge in [0.2, 0.25) is 0 Å². The van der Waals surface area contributed by atoms with E-state index in [2.05, 4.69) is 15.6 Å². The Bertz CT molecular complexity index is 660. The molecule has 1 aliphatic carbocycles. The summed E-state index contributed by atoms with van der Waals surface area (Å²) in [5.74, 6) is 0.210. The summed E-state index contributed by atoms with van der Waals surface area (Å²) in [6, 6.07) is 4.78. The SMILES string of the molecule is CCNC(=NCC(O)c1cc(OC)cc(OC)c1)NC1CCCC(C(F)(F)F)C1. The Hall–Kier alpha value is -2.16. The van der Waals surface area contributed by atoms with Gasteiger partial charge in [-0.05, 0) is 43.9 Å². The van der Waals surface area contributed by atoms with Crippen molar-refractivity contribution < 1.29 is 27.8 Å². The second kappa shape index (κ2) is 10.6. The minimum Gasteiger partial charge on any atom is -0.497 e. The number of aliphatic hydroxyl groups is 1. The van der Waals surface area contributed by atoms with Crippen LogP contribution in [0.3, 0.4) is 0 Å². The number of alkyl halides is 3. The van der Waals surface area contributed by atoms with Gasteiger partial charge in [0, 0.05) is 18.7 Å². The van der Waals surface area contributed by atoms with Gasteiger partial charge in [0.15, 0.2) is 5.96 Å². The molecule has 164 valence electrons. The smallest absolute Gasteiger partial charge is 0.391 e. The van der Waals surface area contributed by atoms with Crippen molar-refractivity contribution in [3.8, 4) is 11.5 Å². The summed E-state index contributed by atoms with van der Waals surface area (Å²) in [6.07, 6.45) is -3.70. The third-order valence-corrected chi connectivity index (χ3v) is 5.00. The van der Waals surface area contributed by atoms with Crippen LogP contribution in [0, 0.1) is 5.92 Å². The van der Waals surface area contributed by atoms with Crippen LogP contribution >= 0.6 is 0 Å². The van der Waals surface area contributed by atoms with Crippen LogP contribution < -0.4 is 20.1 Å². The summed E-state index contributed by atoms with van der Waals surface area (Å²) in [6.45, 7) is 2.48. The van der Waals surface area contributed by atoms with Crippen molar-refractivity contribution in [2.75, 3.05) is 27.3 Å². The highest BCUT2D eigenvalue weighted by atomic mass is 19.4. The predicted octanol–water partition coefficient (Wildman–Crippen LogP) is 3.41. The van der Waals surface area contributed by atoms with Gasteiger partial charge in [0.1, 0.15) is 11.5 Å². The lowest BCUT2D eigenvalue weighted by atomic mass is 9.85. The first kappa shape index (κ1) is 23.1. The number of aliphatic imine (C=N–C) groups is 1. The van der Waals surface area contributed by atoms with Crippen LogP contribution in [0.5, 0.6) is 11.5 Å². The lowest BCUT2D eigenvalue weighted by Gasteiger charge is -2.32. The third-order valence-electron chi connectivity index (χ3n) is 5.00. The highest BCUT2D eigenvalue weighted by molar-refractivity contribution is 5.80. The van der Waals surface area contributed by atoms with Crippen LogP contribution in [0.4, 0.5) is 13.2 Å². The largest absolute Gasteiger partial charge is 0.497 e. The molecular weight excluding hydrogens is 387 g/mol. The molecule has 1 fully saturated rings. The molecule has 6 nitrogen and oxygen atoms in total. The van der Waals surface area contributed by atoms with Crippen LogP contribution in [0.2, 0.25) is 0 Å². The molecule has 3 atom stereocenters. The van der Waals surface area contributed by atoms with Crippen molar-refractivity contribution in [2.45, 2.75) is 50.9 Å². The topological polar surface area (TPSA) is 75.1 Å². The fourth-order valence-electron chi connectivity index (χ4n) is 3.44. The van der Waals surface area contributed by atoms with Gasteiger partial charge in [-0.2, -0.15) is 13.2 Å². The second-order valence-corrected chi connectivity index (χ2v) is 7.13. The van der Waals surface area contributed by atoms with Crippen LogP contribution in [-0.2, 0) is 0 Å². The van der Waals surface area contributed by atoms with Gasteiger partial charge in [-0.1, -0.05) is 6.42 Å². The molecule has 3 unspecified atom stereocenters. The Morgan fingerprint density at radius 1 is 1.21 bits per heavy atom. The molecule has 0 heterocycles. The van der Waals surface area contributed by atoms with Gasteiger partial charge < -0.3 is 25.2 Å². The van der Waals surface area contributed by atoms with Crippen LogP contribution in [-0.4, -0.2) is 50.6 Å². The first-order chi connectivity index (χ1) is 13.8. The van der Waals surface area contributed by atoms with Crippen LogP contribution in [0.25, 0.3) is 0 Å². The number of nitrogens with one attached hydrogen (secondary N) is 2. The minimum atomic E-state index is -4.17. The standard InChI is InChI=1S/C20H30F3N3O3/c1-4-24-19(26-15-7-5-6-14(10-15)20(21,22)23)25-12-18(27)13-8-16(28-2)11-17(9-13)29-3/h8-9,11,14-15,18,27H,4-7,10,12H2,1-3H3,(H2,24,25,26). The van der Waals surface area contributed by atoms with Gasteiger partial charge in [0.05, 0.1) is 32.8 Å². The van der Waals surface area contributed by atoms with Crippen molar-refractivity contribution in [1.82, 2.24) is 10.6 Å². The quantitative estimate of drug-likeness (QED) is 0.468. The maximum Gasteiger partial charge on any atom is 0.391 e. The Kier molecular flexibility index (Phi) is 8.43. The maximum atomic E-state index is 13.0. The van der Waals surface area contributed by atoms with E-state index in [0.717, 1.165) is 0 Å². The second-order valence-electron chi connectivity index (χ2n) is 7.13. The molecule has 1 aromatic rings. The number of nitrogens with zero attached hydrogens (tertiary/aromatic N) is 1. The first-order valence-electron chi connectivity index (χ1n) is 9.79. The third kappa shape index (κ3) is 6.99. The van der Waals surface area contributed by atoms with Crippen molar-refractivity contribution in [2.24, 2.45) is 10.9 Å². The number of halogens is 3. The van der Waals surface area contributed by atoms with E-state index in [1.807, 2.05) is 6.92 Å². The fraction of sp³-hybridized carbons (Fsp3) is 0.650. The Labute approximate surface area is 169 Å². The molecule has 2 rings (SSSR count). The first-order valence-corrected chi connectivity index (χ1v) is 9.79. The van der Waals surface area contributed by atoms with E-state index in [0.29, 0.717) is 42.4 Å². The fourth-order valence-corrected chi connectivity index (χ4v) is 3.44. The molecule has 0 amide bonds. The molecule has 3 N–H and O–H groups in total. The maximum absolute atomic E-state index is 13.0. The van der Waals surface area contributed by atoms with E-state index in [-0.39, 0.29) is 25.4 Å². The highest BCUT2D eigenvalue weighted by Gasteiger charge is 2.42. The molecular formula is C20H30F3N3O3. The lowest BCUT2D eigenvalue weighted by molar-refractivity contribution is -0.183. The zero-order valence-electron chi connectivity index (χ0n) is 17.1. The van der Waals surface area contributed by atoms with Crippen LogP contribution in [0.15, 0.2) is 23.2 Å². The summed E-state index contributed by atoms with van der Waals surface area (Å²) in [5, 5.41) is 16.6. The van der Waals surface area contributed by atoms with Crippen molar-refractivity contribution in [3.05, 3.63) is 23.8 Å².